The molecule has 4 nitrogen and oxygen atoms in total. The van der Waals surface area contributed by atoms with Crippen LogP contribution >= 0.6 is 0 Å². The van der Waals surface area contributed by atoms with Crippen LogP contribution in [-0.4, -0.2) is 22.5 Å². The van der Waals surface area contributed by atoms with Crippen molar-refractivity contribution in [2.75, 3.05) is 6.61 Å². The van der Waals surface area contributed by atoms with Gasteiger partial charge in [0.1, 0.15) is 0 Å². The van der Waals surface area contributed by atoms with E-state index < -0.39 is 0 Å². The van der Waals surface area contributed by atoms with Gasteiger partial charge in [-0.3, -0.25) is 4.79 Å². The minimum absolute atomic E-state index is 0.141. The SMILES string of the molecule is CCCCC1(CCC(=O)OCC)c2ccccc2-c2nc3ccccc3nc21. The van der Waals surface area contributed by atoms with E-state index in [0.29, 0.717) is 19.4 Å². The number of aromatic nitrogens is 2. The Kier molecular flexibility index (Phi) is 5.12. The highest BCUT2D eigenvalue weighted by molar-refractivity contribution is 5.84. The summed E-state index contributed by atoms with van der Waals surface area (Å²) >= 11 is 0. The van der Waals surface area contributed by atoms with Gasteiger partial charge in [0.2, 0.25) is 0 Å². The molecule has 0 amide bonds. The van der Waals surface area contributed by atoms with E-state index in [1.165, 1.54) is 5.56 Å². The summed E-state index contributed by atoms with van der Waals surface area (Å²) in [7, 11) is 0. The summed E-state index contributed by atoms with van der Waals surface area (Å²) in [5, 5.41) is 0. The Bertz CT molecular complexity index is 1010. The molecule has 4 heteroatoms. The average Bonchev–Trinajstić information content (AvgIpc) is 2.99. The van der Waals surface area contributed by atoms with Gasteiger partial charge in [-0.25, -0.2) is 9.97 Å². The smallest absolute Gasteiger partial charge is 0.305 e. The third-order valence-corrected chi connectivity index (χ3v) is 5.74. The summed E-state index contributed by atoms with van der Waals surface area (Å²) in [6.07, 6.45) is 4.22. The zero-order valence-corrected chi connectivity index (χ0v) is 16.6. The van der Waals surface area contributed by atoms with Gasteiger partial charge < -0.3 is 4.74 Å². The van der Waals surface area contributed by atoms with Crippen molar-refractivity contribution in [1.82, 2.24) is 9.97 Å². The second kappa shape index (κ2) is 7.70. The highest BCUT2D eigenvalue weighted by Crippen LogP contribution is 2.52. The molecule has 1 unspecified atom stereocenters. The van der Waals surface area contributed by atoms with Gasteiger partial charge in [0.15, 0.2) is 0 Å². The Hall–Kier alpha value is -2.75. The largest absolute Gasteiger partial charge is 0.466 e. The maximum atomic E-state index is 12.2. The molecule has 0 aliphatic heterocycles. The Morgan fingerprint density at radius 1 is 0.964 bits per heavy atom. The van der Waals surface area contributed by atoms with Crippen molar-refractivity contribution in [3.8, 4) is 11.3 Å². The number of esters is 1. The molecule has 28 heavy (non-hydrogen) atoms. The lowest BCUT2D eigenvalue weighted by molar-refractivity contribution is -0.143. The number of para-hydroxylation sites is 2. The summed E-state index contributed by atoms with van der Waals surface area (Å²) < 4.78 is 5.22. The van der Waals surface area contributed by atoms with Crippen LogP contribution < -0.4 is 0 Å². The first kappa shape index (κ1) is 18.6. The first-order valence-corrected chi connectivity index (χ1v) is 10.2. The number of unbranched alkanes of at least 4 members (excludes halogenated alkanes) is 1. The van der Waals surface area contributed by atoms with Crippen molar-refractivity contribution in [3.63, 3.8) is 0 Å². The van der Waals surface area contributed by atoms with Gasteiger partial charge in [0, 0.05) is 17.4 Å². The van der Waals surface area contributed by atoms with Gasteiger partial charge >= 0.3 is 5.97 Å². The van der Waals surface area contributed by atoms with Crippen LogP contribution in [0.3, 0.4) is 0 Å². The van der Waals surface area contributed by atoms with Gasteiger partial charge in [-0.05, 0) is 37.5 Å². The van der Waals surface area contributed by atoms with Crippen LogP contribution in [0.2, 0.25) is 0 Å². The fourth-order valence-electron chi connectivity index (χ4n) is 4.41. The molecule has 3 aromatic rings. The summed E-state index contributed by atoms with van der Waals surface area (Å²) in [4.78, 5) is 22.3. The van der Waals surface area contributed by atoms with Gasteiger partial charge in [-0.2, -0.15) is 0 Å². The molecule has 0 bridgehead atoms. The van der Waals surface area contributed by atoms with E-state index in [9.17, 15) is 4.79 Å². The minimum atomic E-state index is -0.286. The molecule has 0 radical (unpaired) electrons. The van der Waals surface area contributed by atoms with E-state index in [1.54, 1.807) is 0 Å². The van der Waals surface area contributed by atoms with Crippen LogP contribution in [0.4, 0.5) is 0 Å². The Morgan fingerprint density at radius 3 is 2.43 bits per heavy atom. The Balaban J connectivity index is 1.89. The number of benzene rings is 2. The van der Waals surface area contributed by atoms with E-state index in [1.807, 2.05) is 31.2 Å². The van der Waals surface area contributed by atoms with E-state index in [4.69, 9.17) is 14.7 Å². The summed E-state index contributed by atoms with van der Waals surface area (Å²) in [6.45, 7) is 4.47. The molecule has 2 aromatic carbocycles. The molecule has 0 N–H and O–H groups in total. The highest BCUT2D eigenvalue weighted by Gasteiger charge is 2.45. The molecular formula is C24H26N2O2. The van der Waals surface area contributed by atoms with Gasteiger partial charge in [0.25, 0.3) is 0 Å². The standard InChI is InChI=1S/C24H26N2O2/c1-3-5-15-24(16-14-21(27)28-4-2)18-11-7-6-10-17(18)22-23(24)26-20-13-9-8-12-19(20)25-22/h6-13H,3-5,14-16H2,1-2H3. The number of hydrogen-bond acceptors (Lipinski definition) is 4. The van der Waals surface area contributed by atoms with Crippen molar-refractivity contribution < 1.29 is 9.53 Å². The summed E-state index contributed by atoms with van der Waals surface area (Å²) in [5.41, 5.74) is 5.91. The van der Waals surface area contributed by atoms with E-state index in [2.05, 4.69) is 31.2 Å². The lowest BCUT2D eigenvalue weighted by Gasteiger charge is -2.31. The lowest BCUT2D eigenvalue weighted by atomic mass is 9.73. The number of fused-ring (bicyclic) bond motifs is 4. The second-order valence-electron chi connectivity index (χ2n) is 7.45. The predicted octanol–water partition coefficient (Wildman–Crippen LogP) is 5.43. The molecule has 1 heterocycles. The van der Waals surface area contributed by atoms with E-state index >= 15 is 0 Å². The topological polar surface area (TPSA) is 52.1 Å². The number of carbonyl (C=O) groups is 1. The Labute approximate surface area is 166 Å². The molecule has 1 aliphatic carbocycles. The van der Waals surface area contributed by atoms with Crippen LogP contribution in [0.1, 0.15) is 57.2 Å². The molecule has 144 valence electrons. The minimum Gasteiger partial charge on any atom is -0.466 e. The third kappa shape index (κ3) is 3.07. The molecule has 0 spiro atoms. The second-order valence-corrected chi connectivity index (χ2v) is 7.45. The zero-order chi connectivity index (χ0) is 19.6. The molecule has 1 aromatic heterocycles. The molecule has 0 saturated carbocycles. The predicted molar refractivity (Wildman–Crippen MR) is 111 cm³/mol. The molecule has 4 rings (SSSR count). The van der Waals surface area contributed by atoms with Crippen molar-refractivity contribution in [1.29, 1.82) is 0 Å². The average molecular weight is 374 g/mol. The quantitative estimate of drug-likeness (QED) is 0.518. The summed E-state index contributed by atoms with van der Waals surface area (Å²) in [5.74, 6) is -0.141. The fraction of sp³-hybridized carbons (Fsp3) is 0.375. The van der Waals surface area contributed by atoms with E-state index in [0.717, 1.165) is 47.2 Å². The van der Waals surface area contributed by atoms with Crippen LogP contribution in [0, 0.1) is 0 Å². The molecule has 0 saturated heterocycles. The maximum Gasteiger partial charge on any atom is 0.305 e. The number of nitrogens with zero attached hydrogens (tertiary/aromatic N) is 2. The van der Waals surface area contributed by atoms with Gasteiger partial charge in [0.05, 0.1) is 29.0 Å². The Morgan fingerprint density at radius 2 is 1.68 bits per heavy atom. The van der Waals surface area contributed by atoms with Gasteiger partial charge in [-0.1, -0.05) is 56.2 Å². The van der Waals surface area contributed by atoms with Crippen molar-refractivity contribution in [2.24, 2.45) is 0 Å². The maximum absolute atomic E-state index is 12.2. The normalized spacial score (nSPS) is 17.4. The molecular weight excluding hydrogens is 348 g/mol. The number of rotatable bonds is 7. The molecule has 1 aliphatic rings. The first-order chi connectivity index (χ1) is 13.7. The summed E-state index contributed by atoms with van der Waals surface area (Å²) in [6, 6.07) is 16.5. The number of carbonyl (C=O) groups excluding carboxylic acids is 1. The van der Waals surface area contributed by atoms with Crippen LogP contribution in [-0.2, 0) is 14.9 Å². The lowest BCUT2D eigenvalue weighted by Crippen LogP contribution is -2.28. The highest BCUT2D eigenvalue weighted by atomic mass is 16.5. The third-order valence-electron chi connectivity index (χ3n) is 5.74. The van der Waals surface area contributed by atoms with Crippen LogP contribution in [0.5, 0.6) is 0 Å². The van der Waals surface area contributed by atoms with Crippen molar-refractivity contribution >= 4 is 17.0 Å². The van der Waals surface area contributed by atoms with Crippen LogP contribution in [0.15, 0.2) is 48.5 Å². The first-order valence-electron chi connectivity index (χ1n) is 10.2. The molecule has 1 atom stereocenters. The van der Waals surface area contributed by atoms with Crippen molar-refractivity contribution in [2.45, 2.75) is 51.4 Å². The number of hydrogen-bond donors (Lipinski definition) is 0. The number of ether oxygens (including phenoxy) is 1. The van der Waals surface area contributed by atoms with Crippen LogP contribution in [0.25, 0.3) is 22.3 Å². The molecule has 0 fully saturated rings. The van der Waals surface area contributed by atoms with Crippen molar-refractivity contribution in [3.05, 3.63) is 59.8 Å². The van der Waals surface area contributed by atoms with Gasteiger partial charge in [-0.15, -0.1) is 0 Å². The van der Waals surface area contributed by atoms with E-state index in [-0.39, 0.29) is 11.4 Å². The fourth-order valence-corrected chi connectivity index (χ4v) is 4.41. The monoisotopic (exact) mass is 374 g/mol. The zero-order valence-electron chi connectivity index (χ0n) is 16.6.